The van der Waals surface area contributed by atoms with Crippen molar-refractivity contribution in [2.45, 2.75) is 40.4 Å². The lowest BCUT2D eigenvalue weighted by molar-refractivity contribution is -0.112. The standard InChI is InChI=1S/C23H30O5/c1-15-8-19(9-16(2)22(15)14-27-7-6-24)20-10-17(3)23(18(4)11-20)28-13-21(25)12-26-5/h6,8-11,21,25H,7,12-14H2,1-5H3. The average molecular weight is 386 g/mol. The number of aliphatic hydroxyl groups is 1. The SMILES string of the molecule is COCC(O)COc1c(C)cc(-c2cc(C)c(COCC=O)c(C)c2)cc1C. The van der Waals surface area contributed by atoms with Crippen LogP contribution in [-0.2, 0) is 20.9 Å². The Bertz CT molecular complexity index is 767. The molecular formula is C23H30O5. The van der Waals surface area contributed by atoms with Crippen LogP contribution in [0.15, 0.2) is 24.3 Å². The Morgan fingerprint density at radius 2 is 1.46 bits per heavy atom. The molecule has 0 heterocycles. The quantitative estimate of drug-likeness (QED) is 0.498. The molecule has 1 N–H and O–H groups in total. The third-order valence-corrected chi connectivity index (χ3v) is 4.70. The van der Waals surface area contributed by atoms with E-state index in [-0.39, 0.29) is 19.8 Å². The summed E-state index contributed by atoms with van der Waals surface area (Å²) in [6.07, 6.45) is 0.116. The van der Waals surface area contributed by atoms with Gasteiger partial charge in [-0.25, -0.2) is 0 Å². The van der Waals surface area contributed by atoms with Crippen LogP contribution in [0.4, 0.5) is 0 Å². The zero-order valence-corrected chi connectivity index (χ0v) is 17.4. The summed E-state index contributed by atoms with van der Waals surface area (Å²) in [7, 11) is 1.55. The molecule has 0 fully saturated rings. The van der Waals surface area contributed by atoms with Gasteiger partial charge in [-0.1, -0.05) is 12.1 Å². The molecule has 0 spiro atoms. The molecule has 5 nitrogen and oxygen atoms in total. The molecule has 0 saturated carbocycles. The Morgan fingerprint density at radius 3 is 1.96 bits per heavy atom. The van der Waals surface area contributed by atoms with Gasteiger partial charge in [0.15, 0.2) is 0 Å². The van der Waals surface area contributed by atoms with Crippen LogP contribution in [-0.4, -0.2) is 44.4 Å². The highest BCUT2D eigenvalue weighted by Crippen LogP contribution is 2.32. The predicted molar refractivity (Wildman–Crippen MR) is 110 cm³/mol. The minimum Gasteiger partial charge on any atom is -0.490 e. The molecule has 28 heavy (non-hydrogen) atoms. The molecule has 0 aliphatic carbocycles. The number of aryl methyl sites for hydroxylation is 4. The van der Waals surface area contributed by atoms with Crippen LogP contribution < -0.4 is 4.74 Å². The first kappa shape index (κ1) is 22.1. The van der Waals surface area contributed by atoms with E-state index in [4.69, 9.17) is 14.2 Å². The summed E-state index contributed by atoms with van der Waals surface area (Å²) in [5, 5.41) is 9.81. The van der Waals surface area contributed by atoms with Gasteiger partial charge in [-0.2, -0.15) is 0 Å². The maximum Gasteiger partial charge on any atom is 0.145 e. The molecule has 5 heteroatoms. The summed E-state index contributed by atoms with van der Waals surface area (Å²) in [6.45, 7) is 9.13. The average Bonchev–Trinajstić information content (AvgIpc) is 2.63. The van der Waals surface area contributed by atoms with Gasteiger partial charge < -0.3 is 24.1 Å². The lowest BCUT2D eigenvalue weighted by atomic mass is 9.94. The summed E-state index contributed by atoms with van der Waals surface area (Å²) in [5.41, 5.74) is 7.68. The highest BCUT2D eigenvalue weighted by Gasteiger charge is 2.13. The number of aliphatic hydroxyl groups excluding tert-OH is 1. The fourth-order valence-corrected chi connectivity index (χ4v) is 3.36. The molecule has 1 atom stereocenters. The number of methoxy groups -OCH3 is 1. The van der Waals surface area contributed by atoms with Gasteiger partial charge in [0.05, 0.1) is 13.2 Å². The van der Waals surface area contributed by atoms with E-state index < -0.39 is 6.10 Å². The molecule has 0 aliphatic rings. The Morgan fingerprint density at radius 1 is 0.929 bits per heavy atom. The molecule has 2 aromatic rings. The lowest BCUT2D eigenvalue weighted by Gasteiger charge is -2.18. The second-order valence-corrected chi connectivity index (χ2v) is 7.13. The molecule has 2 aromatic carbocycles. The predicted octanol–water partition coefficient (Wildman–Crippen LogP) is 3.69. The van der Waals surface area contributed by atoms with Gasteiger partial charge in [0, 0.05) is 7.11 Å². The second-order valence-electron chi connectivity index (χ2n) is 7.13. The number of carbonyl (C=O) groups is 1. The summed E-state index contributed by atoms with van der Waals surface area (Å²) in [6, 6.07) is 8.48. The molecule has 0 radical (unpaired) electrons. The Balaban J connectivity index is 2.25. The molecule has 0 aromatic heterocycles. The minimum atomic E-state index is -0.650. The fraction of sp³-hybridized carbons (Fsp3) is 0.435. The van der Waals surface area contributed by atoms with Crippen LogP contribution in [0.1, 0.15) is 27.8 Å². The third-order valence-electron chi connectivity index (χ3n) is 4.70. The second kappa shape index (κ2) is 10.4. The van der Waals surface area contributed by atoms with Crippen molar-refractivity contribution in [1.29, 1.82) is 0 Å². The maximum absolute atomic E-state index is 10.5. The Labute approximate surface area is 167 Å². The fourth-order valence-electron chi connectivity index (χ4n) is 3.36. The van der Waals surface area contributed by atoms with Crippen molar-refractivity contribution in [2.75, 3.05) is 26.9 Å². The molecule has 2 rings (SSSR count). The molecule has 0 aliphatic heterocycles. The Hall–Kier alpha value is -2.21. The number of benzene rings is 2. The molecule has 0 saturated heterocycles. The maximum atomic E-state index is 10.5. The first-order valence-corrected chi connectivity index (χ1v) is 9.40. The highest BCUT2D eigenvalue weighted by atomic mass is 16.5. The van der Waals surface area contributed by atoms with Crippen molar-refractivity contribution in [1.82, 2.24) is 0 Å². The number of hydrogen-bond acceptors (Lipinski definition) is 5. The highest BCUT2D eigenvalue weighted by molar-refractivity contribution is 5.69. The van der Waals surface area contributed by atoms with Crippen molar-refractivity contribution >= 4 is 6.29 Å². The Kier molecular flexibility index (Phi) is 8.18. The van der Waals surface area contributed by atoms with Gasteiger partial charge in [0.1, 0.15) is 31.4 Å². The lowest BCUT2D eigenvalue weighted by Crippen LogP contribution is -2.23. The van der Waals surface area contributed by atoms with Crippen LogP contribution in [0.3, 0.4) is 0 Å². The van der Waals surface area contributed by atoms with E-state index in [9.17, 15) is 9.90 Å². The third kappa shape index (κ3) is 5.64. The largest absolute Gasteiger partial charge is 0.490 e. The number of aldehydes is 1. The van der Waals surface area contributed by atoms with Gasteiger partial charge in [-0.05, 0) is 78.8 Å². The summed E-state index contributed by atoms with van der Waals surface area (Å²) < 4.78 is 16.1. The smallest absolute Gasteiger partial charge is 0.145 e. The van der Waals surface area contributed by atoms with Crippen molar-refractivity contribution in [3.63, 3.8) is 0 Å². The number of carbonyl (C=O) groups excluding carboxylic acids is 1. The van der Waals surface area contributed by atoms with Gasteiger partial charge in [-0.3, -0.25) is 0 Å². The van der Waals surface area contributed by atoms with E-state index in [1.807, 2.05) is 13.8 Å². The van der Waals surface area contributed by atoms with Gasteiger partial charge in [0.25, 0.3) is 0 Å². The van der Waals surface area contributed by atoms with E-state index in [1.165, 1.54) is 0 Å². The van der Waals surface area contributed by atoms with Gasteiger partial charge >= 0.3 is 0 Å². The molecule has 152 valence electrons. The van der Waals surface area contributed by atoms with E-state index in [1.54, 1.807) is 7.11 Å². The van der Waals surface area contributed by atoms with E-state index in [0.717, 1.165) is 51.0 Å². The summed E-state index contributed by atoms with van der Waals surface area (Å²) >= 11 is 0. The van der Waals surface area contributed by atoms with Crippen LogP contribution in [0, 0.1) is 27.7 Å². The van der Waals surface area contributed by atoms with E-state index in [2.05, 4.69) is 38.1 Å². The summed E-state index contributed by atoms with van der Waals surface area (Å²) in [4.78, 5) is 10.5. The van der Waals surface area contributed by atoms with Crippen molar-refractivity contribution in [3.8, 4) is 16.9 Å². The first-order valence-electron chi connectivity index (χ1n) is 9.40. The topological polar surface area (TPSA) is 65.0 Å². The first-order chi connectivity index (χ1) is 13.4. The van der Waals surface area contributed by atoms with Gasteiger partial charge in [-0.15, -0.1) is 0 Å². The van der Waals surface area contributed by atoms with Crippen molar-refractivity contribution in [3.05, 3.63) is 52.1 Å². The van der Waals surface area contributed by atoms with Crippen LogP contribution in [0.5, 0.6) is 5.75 Å². The van der Waals surface area contributed by atoms with Crippen molar-refractivity contribution < 1.29 is 24.1 Å². The normalized spacial score (nSPS) is 12.1. The molecule has 1 unspecified atom stereocenters. The molecule has 0 bridgehead atoms. The van der Waals surface area contributed by atoms with E-state index >= 15 is 0 Å². The van der Waals surface area contributed by atoms with Crippen LogP contribution >= 0.6 is 0 Å². The number of rotatable bonds is 10. The number of hydrogen-bond donors (Lipinski definition) is 1. The monoisotopic (exact) mass is 386 g/mol. The van der Waals surface area contributed by atoms with Crippen LogP contribution in [0.25, 0.3) is 11.1 Å². The van der Waals surface area contributed by atoms with Gasteiger partial charge in [0.2, 0.25) is 0 Å². The summed E-state index contributed by atoms with van der Waals surface area (Å²) in [5.74, 6) is 0.797. The number of ether oxygens (including phenoxy) is 3. The molecule has 0 amide bonds. The zero-order chi connectivity index (χ0) is 20.7. The van der Waals surface area contributed by atoms with Crippen molar-refractivity contribution in [2.24, 2.45) is 0 Å². The molecular weight excluding hydrogens is 356 g/mol. The van der Waals surface area contributed by atoms with E-state index in [0.29, 0.717) is 6.61 Å². The zero-order valence-electron chi connectivity index (χ0n) is 17.4. The van der Waals surface area contributed by atoms with Crippen LogP contribution in [0.2, 0.25) is 0 Å². The minimum absolute atomic E-state index is 0.111.